The molecule has 3 N–H and O–H groups in total. The number of aryl methyl sites for hydroxylation is 1. The van der Waals surface area contributed by atoms with Crippen molar-refractivity contribution in [3.05, 3.63) is 36.6 Å². The van der Waals surface area contributed by atoms with Crippen LogP contribution in [0.4, 0.5) is 5.82 Å². The first-order chi connectivity index (χ1) is 12.7. The van der Waals surface area contributed by atoms with Crippen molar-refractivity contribution < 1.29 is 4.42 Å². The molecule has 0 spiro atoms. The van der Waals surface area contributed by atoms with E-state index in [1.165, 1.54) is 6.39 Å². The Morgan fingerprint density at radius 1 is 1.19 bits per heavy atom. The highest BCUT2D eigenvalue weighted by Crippen LogP contribution is 2.27. The molecule has 140 valence electrons. The molecule has 0 amide bonds. The van der Waals surface area contributed by atoms with Crippen LogP contribution in [0, 0.1) is 5.92 Å². The number of aromatic nitrogens is 3. The Bertz CT molecular complexity index is 799. The second kappa shape index (κ2) is 9.87. The third-order valence-electron chi connectivity index (χ3n) is 3.84. The molecular formula is C20H29N5O. The Morgan fingerprint density at radius 3 is 2.65 bits per heavy atom. The first-order valence-electron chi connectivity index (χ1n) is 9.31. The van der Waals surface area contributed by atoms with Crippen molar-refractivity contribution in [1.29, 1.82) is 0 Å². The summed E-state index contributed by atoms with van der Waals surface area (Å²) in [7, 11) is 0. The molecule has 2 aromatic heterocycles. The molecule has 6 heteroatoms. The van der Waals surface area contributed by atoms with Crippen molar-refractivity contribution in [2.75, 3.05) is 18.4 Å². The summed E-state index contributed by atoms with van der Waals surface area (Å²) in [5.41, 5.74) is 7.51. The zero-order valence-electron chi connectivity index (χ0n) is 16.1. The lowest BCUT2D eigenvalue weighted by atomic mass is 10.1. The Morgan fingerprint density at radius 2 is 2.00 bits per heavy atom. The molecule has 0 aliphatic carbocycles. The smallest absolute Gasteiger partial charge is 0.181 e. The number of benzene rings is 1. The van der Waals surface area contributed by atoms with Crippen molar-refractivity contribution in [1.82, 2.24) is 15.0 Å². The van der Waals surface area contributed by atoms with Crippen LogP contribution < -0.4 is 11.1 Å². The fourth-order valence-corrected chi connectivity index (χ4v) is 2.54. The third kappa shape index (κ3) is 5.02. The SMILES string of the molecule is CC.CC(C)CCc1nc(NCCN)c2cc(-c3cnco3)ccc2n1. The third-order valence-corrected chi connectivity index (χ3v) is 3.84. The van der Waals surface area contributed by atoms with E-state index in [-0.39, 0.29) is 0 Å². The number of nitrogens with zero attached hydrogens (tertiary/aromatic N) is 3. The van der Waals surface area contributed by atoms with E-state index in [0.29, 0.717) is 19.0 Å². The molecule has 0 aliphatic heterocycles. The Hall–Kier alpha value is -2.47. The van der Waals surface area contributed by atoms with Gasteiger partial charge in [0, 0.05) is 30.5 Å². The van der Waals surface area contributed by atoms with Crippen LogP contribution in [0.5, 0.6) is 0 Å². The van der Waals surface area contributed by atoms with Crippen LogP contribution in [0.15, 0.2) is 35.2 Å². The Balaban J connectivity index is 0.00000117. The number of hydrogen-bond donors (Lipinski definition) is 2. The first kappa shape index (κ1) is 19.8. The Labute approximate surface area is 155 Å². The lowest BCUT2D eigenvalue weighted by Crippen LogP contribution is -2.15. The molecular weight excluding hydrogens is 326 g/mol. The normalized spacial score (nSPS) is 10.7. The number of anilines is 1. The molecule has 3 aromatic rings. The summed E-state index contributed by atoms with van der Waals surface area (Å²) >= 11 is 0. The highest BCUT2D eigenvalue weighted by molar-refractivity contribution is 5.92. The molecule has 0 saturated carbocycles. The van der Waals surface area contributed by atoms with Crippen LogP contribution in [-0.4, -0.2) is 28.0 Å². The molecule has 0 atom stereocenters. The summed E-state index contributed by atoms with van der Waals surface area (Å²) in [5, 5.41) is 4.28. The van der Waals surface area contributed by atoms with Gasteiger partial charge in [0.25, 0.3) is 0 Å². The highest BCUT2D eigenvalue weighted by atomic mass is 16.3. The summed E-state index contributed by atoms with van der Waals surface area (Å²) in [5.74, 6) is 3.04. The molecule has 0 fully saturated rings. The molecule has 0 bridgehead atoms. The van der Waals surface area contributed by atoms with Gasteiger partial charge in [-0.05, 0) is 30.5 Å². The lowest BCUT2D eigenvalue weighted by Gasteiger charge is -2.12. The van der Waals surface area contributed by atoms with Crippen molar-refractivity contribution >= 4 is 16.7 Å². The molecule has 0 aliphatic rings. The van der Waals surface area contributed by atoms with Gasteiger partial charge >= 0.3 is 0 Å². The molecule has 0 saturated heterocycles. The van der Waals surface area contributed by atoms with E-state index in [4.69, 9.17) is 20.1 Å². The van der Waals surface area contributed by atoms with Gasteiger partial charge in [0.1, 0.15) is 11.6 Å². The van der Waals surface area contributed by atoms with E-state index in [0.717, 1.165) is 46.7 Å². The number of nitrogens with one attached hydrogen (secondary N) is 1. The minimum Gasteiger partial charge on any atom is -0.444 e. The maximum Gasteiger partial charge on any atom is 0.181 e. The summed E-state index contributed by atoms with van der Waals surface area (Å²) < 4.78 is 5.39. The summed E-state index contributed by atoms with van der Waals surface area (Å²) in [4.78, 5) is 13.4. The lowest BCUT2D eigenvalue weighted by molar-refractivity contribution is 0.572. The van der Waals surface area contributed by atoms with Gasteiger partial charge in [-0.15, -0.1) is 0 Å². The van der Waals surface area contributed by atoms with Crippen LogP contribution in [0.2, 0.25) is 0 Å². The van der Waals surface area contributed by atoms with E-state index in [1.807, 2.05) is 32.0 Å². The average molecular weight is 355 g/mol. The van der Waals surface area contributed by atoms with Gasteiger partial charge in [-0.2, -0.15) is 0 Å². The minimum atomic E-state index is 0.550. The van der Waals surface area contributed by atoms with Crippen LogP contribution in [0.1, 0.15) is 39.9 Å². The standard InChI is InChI=1S/C18H23N5O.C2H6/c1-12(2)3-6-17-22-15-5-4-13(16-10-20-11-24-16)9-14(15)18(23-17)21-8-7-19;1-2/h4-5,9-12H,3,6-8,19H2,1-2H3,(H,21,22,23);1-2H3. The van der Waals surface area contributed by atoms with Crippen molar-refractivity contribution in [2.45, 2.75) is 40.5 Å². The zero-order chi connectivity index (χ0) is 18.9. The number of nitrogens with two attached hydrogens (primary N) is 1. The first-order valence-corrected chi connectivity index (χ1v) is 9.31. The second-order valence-electron chi connectivity index (χ2n) is 6.23. The van der Waals surface area contributed by atoms with Gasteiger partial charge in [-0.25, -0.2) is 15.0 Å². The summed E-state index contributed by atoms with van der Waals surface area (Å²) in [6.45, 7) is 9.63. The summed E-state index contributed by atoms with van der Waals surface area (Å²) in [6, 6.07) is 6.02. The maximum absolute atomic E-state index is 5.63. The van der Waals surface area contributed by atoms with Crippen LogP contribution in [-0.2, 0) is 6.42 Å². The zero-order valence-corrected chi connectivity index (χ0v) is 16.1. The van der Waals surface area contributed by atoms with E-state index >= 15 is 0 Å². The van der Waals surface area contributed by atoms with Crippen molar-refractivity contribution in [2.24, 2.45) is 11.7 Å². The molecule has 6 nitrogen and oxygen atoms in total. The Kier molecular flexibility index (Phi) is 7.53. The van der Waals surface area contributed by atoms with E-state index in [9.17, 15) is 0 Å². The second-order valence-corrected chi connectivity index (χ2v) is 6.23. The fraction of sp³-hybridized carbons (Fsp3) is 0.450. The minimum absolute atomic E-state index is 0.550. The van der Waals surface area contributed by atoms with Gasteiger partial charge in [0.05, 0.1) is 11.7 Å². The predicted octanol–water partition coefficient (Wildman–Crippen LogP) is 4.27. The topological polar surface area (TPSA) is 89.9 Å². The molecule has 0 radical (unpaired) electrons. The fourth-order valence-electron chi connectivity index (χ4n) is 2.54. The molecule has 3 rings (SSSR count). The average Bonchev–Trinajstić information content (AvgIpc) is 3.20. The van der Waals surface area contributed by atoms with E-state index in [1.54, 1.807) is 6.20 Å². The predicted molar refractivity (Wildman–Crippen MR) is 107 cm³/mol. The van der Waals surface area contributed by atoms with E-state index in [2.05, 4.69) is 24.1 Å². The van der Waals surface area contributed by atoms with Gasteiger partial charge in [-0.3, -0.25) is 0 Å². The van der Waals surface area contributed by atoms with Crippen LogP contribution >= 0.6 is 0 Å². The van der Waals surface area contributed by atoms with Gasteiger partial charge in [0.2, 0.25) is 0 Å². The number of rotatable bonds is 7. The number of hydrogen-bond acceptors (Lipinski definition) is 6. The monoisotopic (exact) mass is 355 g/mol. The van der Waals surface area contributed by atoms with Gasteiger partial charge in [0.15, 0.2) is 12.2 Å². The van der Waals surface area contributed by atoms with Gasteiger partial charge in [-0.1, -0.05) is 27.7 Å². The van der Waals surface area contributed by atoms with Crippen molar-refractivity contribution in [3.8, 4) is 11.3 Å². The molecule has 1 aromatic carbocycles. The molecule has 26 heavy (non-hydrogen) atoms. The van der Waals surface area contributed by atoms with E-state index < -0.39 is 0 Å². The van der Waals surface area contributed by atoms with Crippen molar-refractivity contribution in [3.63, 3.8) is 0 Å². The van der Waals surface area contributed by atoms with Gasteiger partial charge < -0.3 is 15.5 Å². The van der Waals surface area contributed by atoms with Crippen LogP contribution in [0.25, 0.3) is 22.2 Å². The summed E-state index contributed by atoms with van der Waals surface area (Å²) in [6.07, 6.45) is 5.07. The molecule has 2 heterocycles. The van der Waals surface area contributed by atoms with Crippen LogP contribution in [0.3, 0.4) is 0 Å². The number of oxazole rings is 1. The highest BCUT2D eigenvalue weighted by Gasteiger charge is 2.11. The largest absolute Gasteiger partial charge is 0.444 e. The molecule has 0 unspecified atom stereocenters. The quantitative estimate of drug-likeness (QED) is 0.658. The number of fused-ring (bicyclic) bond motifs is 1. The maximum atomic E-state index is 5.63.